The van der Waals surface area contributed by atoms with Gasteiger partial charge in [-0.3, -0.25) is 0 Å². The first-order chi connectivity index (χ1) is 8.84. The summed E-state index contributed by atoms with van der Waals surface area (Å²) in [6.45, 7) is 4.46. The van der Waals surface area contributed by atoms with Crippen LogP contribution >= 0.6 is 24.0 Å². The van der Waals surface area contributed by atoms with Gasteiger partial charge in [0.05, 0.1) is 4.90 Å². The third-order valence-corrected chi connectivity index (χ3v) is 3.88. The number of nitrogens with zero attached hydrogens (tertiary/aromatic N) is 1. The lowest BCUT2D eigenvalue weighted by molar-refractivity contribution is 0.361. The molecule has 0 aromatic heterocycles. The molecule has 0 amide bonds. The highest BCUT2D eigenvalue weighted by molar-refractivity contribution is 8.22. The molecule has 0 unspecified atom stereocenters. The van der Waals surface area contributed by atoms with Crippen molar-refractivity contribution >= 4 is 28.3 Å². The lowest BCUT2D eigenvalue weighted by Gasteiger charge is -2.21. The average Bonchev–Trinajstić information content (AvgIpc) is 2.40. The Morgan fingerprint density at radius 3 is 1.63 bits per heavy atom. The van der Waals surface area contributed by atoms with E-state index in [1.165, 1.54) is 0 Å². The molecule has 8 heteroatoms. The van der Waals surface area contributed by atoms with E-state index in [1.807, 2.05) is 0 Å². The van der Waals surface area contributed by atoms with Gasteiger partial charge in [-0.1, -0.05) is 24.0 Å². The van der Waals surface area contributed by atoms with Crippen molar-refractivity contribution in [1.82, 2.24) is 4.90 Å². The number of thiocarbonyl (C=S) groups is 1. The Bertz CT molecular complexity index is 473. The second-order valence-electron chi connectivity index (χ2n) is 3.44. The lowest BCUT2D eigenvalue weighted by atomic mass is 10.3. The Labute approximate surface area is 116 Å². The molecule has 1 aromatic rings. The van der Waals surface area contributed by atoms with Crippen molar-refractivity contribution in [3.8, 4) is 0 Å². The molecule has 0 saturated carbocycles. The third-order valence-electron chi connectivity index (χ3n) is 2.38. The minimum atomic E-state index is -2.17. The summed E-state index contributed by atoms with van der Waals surface area (Å²) in [5, 5.41) is 0. The van der Waals surface area contributed by atoms with Gasteiger partial charge in [0.15, 0.2) is 23.3 Å². The van der Waals surface area contributed by atoms with Crippen LogP contribution in [0.4, 0.5) is 22.0 Å². The smallest absolute Gasteiger partial charge is 0.200 e. The minimum absolute atomic E-state index is 0.0493. The van der Waals surface area contributed by atoms with Crippen LogP contribution in [0.15, 0.2) is 4.90 Å². The zero-order valence-corrected chi connectivity index (χ0v) is 11.7. The van der Waals surface area contributed by atoms with Crippen LogP contribution in [-0.2, 0) is 0 Å². The zero-order valence-electron chi connectivity index (χ0n) is 10.1. The Balaban J connectivity index is 3.19. The summed E-state index contributed by atoms with van der Waals surface area (Å²) >= 11 is 5.26. The maximum absolute atomic E-state index is 13.4. The molecule has 0 spiro atoms. The molecule has 19 heavy (non-hydrogen) atoms. The van der Waals surface area contributed by atoms with Gasteiger partial charge in [-0.25, -0.2) is 22.0 Å². The monoisotopic (exact) mass is 315 g/mol. The van der Waals surface area contributed by atoms with E-state index in [4.69, 9.17) is 12.2 Å². The molecular weight excluding hydrogens is 305 g/mol. The number of hydrogen-bond acceptors (Lipinski definition) is 2. The maximum atomic E-state index is 13.4. The minimum Gasteiger partial charge on any atom is -0.358 e. The fraction of sp³-hybridized carbons (Fsp3) is 0.364. The first kappa shape index (κ1) is 16.2. The summed E-state index contributed by atoms with van der Waals surface area (Å²) in [5.74, 6) is -9.84. The van der Waals surface area contributed by atoms with Gasteiger partial charge < -0.3 is 4.90 Å². The second-order valence-corrected chi connectivity index (χ2v) is 5.08. The largest absolute Gasteiger partial charge is 0.358 e. The van der Waals surface area contributed by atoms with Gasteiger partial charge in [0.1, 0.15) is 4.32 Å². The van der Waals surface area contributed by atoms with Crippen molar-refractivity contribution in [2.45, 2.75) is 18.7 Å². The highest BCUT2D eigenvalue weighted by Gasteiger charge is 2.27. The first-order valence-electron chi connectivity index (χ1n) is 5.33. The number of halogens is 5. The molecule has 1 aromatic carbocycles. The Morgan fingerprint density at radius 1 is 0.895 bits per heavy atom. The molecule has 0 radical (unpaired) electrons. The second kappa shape index (κ2) is 6.51. The van der Waals surface area contributed by atoms with Crippen LogP contribution in [0.25, 0.3) is 0 Å². The molecular formula is C11H10F5NS2. The Kier molecular flexibility index (Phi) is 5.54. The molecule has 1 nitrogen and oxygen atoms in total. The molecule has 106 valence electrons. The van der Waals surface area contributed by atoms with Crippen molar-refractivity contribution in [1.29, 1.82) is 0 Å². The van der Waals surface area contributed by atoms with Gasteiger partial charge >= 0.3 is 0 Å². The van der Waals surface area contributed by atoms with Crippen molar-refractivity contribution in [2.24, 2.45) is 0 Å². The summed E-state index contributed by atoms with van der Waals surface area (Å²) in [6, 6.07) is 0. The molecule has 1 rings (SSSR count). The quantitative estimate of drug-likeness (QED) is 0.272. The number of benzene rings is 1. The molecule has 0 heterocycles. The van der Waals surface area contributed by atoms with E-state index in [1.54, 1.807) is 18.7 Å². The third kappa shape index (κ3) is 3.17. The fourth-order valence-corrected chi connectivity index (χ4v) is 2.74. The van der Waals surface area contributed by atoms with E-state index < -0.39 is 34.0 Å². The summed E-state index contributed by atoms with van der Waals surface area (Å²) in [5.41, 5.74) is 0. The van der Waals surface area contributed by atoms with E-state index in [0.29, 0.717) is 24.9 Å². The zero-order chi connectivity index (χ0) is 14.7. The molecule has 0 aliphatic carbocycles. The van der Waals surface area contributed by atoms with Gasteiger partial charge in [-0.05, 0) is 13.8 Å². The van der Waals surface area contributed by atoms with Crippen LogP contribution in [0.3, 0.4) is 0 Å². The number of rotatable bonds is 3. The van der Waals surface area contributed by atoms with Crippen molar-refractivity contribution < 1.29 is 22.0 Å². The van der Waals surface area contributed by atoms with Gasteiger partial charge in [0.2, 0.25) is 5.82 Å². The van der Waals surface area contributed by atoms with Crippen molar-refractivity contribution in [3.63, 3.8) is 0 Å². The highest BCUT2D eigenvalue weighted by atomic mass is 32.2. The maximum Gasteiger partial charge on any atom is 0.200 e. The van der Waals surface area contributed by atoms with Gasteiger partial charge in [-0.15, -0.1) is 0 Å². The van der Waals surface area contributed by atoms with Gasteiger partial charge in [0.25, 0.3) is 0 Å². The highest BCUT2D eigenvalue weighted by Crippen LogP contribution is 2.32. The topological polar surface area (TPSA) is 3.24 Å². The SMILES string of the molecule is CCN(CC)C(=S)Sc1c(F)c(F)c(F)c(F)c1F. The summed E-state index contributed by atoms with van der Waals surface area (Å²) in [7, 11) is 0. The van der Waals surface area contributed by atoms with Crippen molar-refractivity contribution in [3.05, 3.63) is 29.1 Å². The number of hydrogen-bond donors (Lipinski definition) is 0. The molecule has 0 bridgehead atoms. The van der Waals surface area contributed by atoms with Crippen LogP contribution in [-0.4, -0.2) is 22.3 Å². The predicted octanol–water partition coefficient (Wildman–Crippen LogP) is 4.10. The normalized spacial score (nSPS) is 10.7. The summed E-state index contributed by atoms with van der Waals surface area (Å²) < 4.78 is 65.7. The standard InChI is InChI=1S/C11H10F5NS2/c1-3-17(4-2)11(18)19-10-8(15)6(13)5(12)7(14)9(10)16/h3-4H2,1-2H3. The predicted molar refractivity (Wildman–Crippen MR) is 67.6 cm³/mol. The molecule has 0 atom stereocenters. The summed E-state index contributed by atoms with van der Waals surface area (Å²) in [6.07, 6.45) is 0. The van der Waals surface area contributed by atoms with E-state index in [0.717, 1.165) is 0 Å². The van der Waals surface area contributed by atoms with E-state index in [9.17, 15) is 22.0 Å². The van der Waals surface area contributed by atoms with Gasteiger partial charge in [-0.2, -0.15) is 0 Å². The van der Waals surface area contributed by atoms with Crippen LogP contribution in [0, 0.1) is 29.1 Å². The number of thioether (sulfide) groups is 1. The molecule has 0 N–H and O–H groups in total. The first-order valence-corrected chi connectivity index (χ1v) is 6.55. The lowest BCUT2D eigenvalue weighted by Crippen LogP contribution is -2.26. The van der Waals surface area contributed by atoms with E-state index in [2.05, 4.69) is 0 Å². The molecule has 0 aliphatic heterocycles. The van der Waals surface area contributed by atoms with Gasteiger partial charge in [0, 0.05) is 13.1 Å². The molecule has 0 fully saturated rings. The summed E-state index contributed by atoms with van der Waals surface area (Å²) in [4.78, 5) is 0.589. The van der Waals surface area contributed by atoms with E-state index in [-0.39, 0.29) is 4.32 Å². The average molecular weight is 315 g/mol. The Hall–Kier alpha value is -0.890. The fourth-order valence-electron chi connectivity index (χ4n) is 1.31. The van der Waals surface area contributed by atoms with Crippen molar-refractivity contribution in [2.75, 3.05) is 13.1 Å². The van der Waals surface area contributed by atoms with Crippen LogP contribution in [0.1, 0.15) is 13.8 Å². The Morgan fingerprint density at radius 2 is 1.26 bits per heavy atom. The molecule has 0 saturated heterocycles. The van der Waals surface area contributed by atoms with Crippen LogP contribution in [0.2, 0.25) is 0 Å². The molecule has 0 aliphatic rings. The van der Waals surface area contributed by atoms with Crippen LogP contribution < -0.4 is 0 Å². The van der Waals surface area contributed by atoms with E-state index >= 15 is 0 Å². The van der Waals surface area contributed by atoms with Crippen LogP contribution in [0.5, 0.6) is 0 Å².